The van der Waals surface area contributed by atoms with Crippen molar-refractivity contribution in [3.63, 3.8) is 0 Å². The fourth-order valence-electron chi connectivity index (χ4n) is 5.11. The van der Waals surface area contributed by atoms with E-state index in [4.69, 9.17) is 33.0 Å². The minimum absolute atomic E-state index is 0.00915. The van der Waals surface area contributed by atoms with E-state index in [-0.39, 0.29) is 52.6 Å². The summed E-state index contributed by atoms with van der Waals surface area (Å²) in [5.74, 6) is -0.286. The van der Waals surface area contributed by atoms with E-state index in [1.165, 1.54) is 23.0 Å². The molecule has 2 aromatic rings. The zero-order chi connectivity index (χ0) is 34.7. The maximum atomic E-state index is 13.7. The first-order chi connectivity index (χ1) is 21.4. The number of aromatic nitrogens is 2. The number of ether oxygens (including phenoxy) is 1. The van der Waals surface area contributed by atoms with Gasteiger partial charge in [-0.15, -0.1) is 0 Å². The highest BCUT2D eigenvalue weighted by molar-refractivity contribution is 6.41. The van der Waals surface area contributed by atoms with Crippen LogP contribution < -0.4 is 15.8 Å². The number of carbonyl (C=O) groups excluding carboxylic acids is 2. The molecule has 1 aliphatic carbocycles. The normalized spacial score (nSPS) is 16.5. The van der Waals surface area contributed by atoms with E-state index >= 15 is 0 Å². The van der Waals surface area contributed by atoms with Gasteiger partial charge in [-0.25, -0.2) is 18.7 Å². The molecule has 2 amide bonds. The second kappa shape index (κ2) is 17.5. The lowest BCUT2D eigenvalue weighted by Crippen LogP contribution is -2.49. The van der Waals surface area contributed by atoms with Crippen molar-refractivity contribution in [2.75, 3.05) is 24.5 Å². The minimum atomic E-state index is -1.09. The topological polar surface area (TPSA) is 134 Å². The molecular formula is C32H46Cl2FN5O6. The zero-order valence-electron chi connectivity index (χ0n) is 27.4. The van der Waals surface area contributed by atoms with Gasteiger partial charge in [0.1, 0.15) is 22.7 Å². The van der Waals surface area contributed by atoms with Gasteiger partial charge < -0.3 is 29.8 Å². The fraction of sp³-hybridized carbons (Fsp3) is 0.594. The van der Waals surface area contributed by atoms with Crippen LogP contribution in [0.1, 0.15) is 86.1 Å². The summed E-state index contributed by atoms with van der Waals surface area (Å²) in [4.78, 5) is 48.8. The number of aldehydes is 1. The Bertz CT molecular complexity index is 1350. The van der Waals surface area contributed by atoms with Crippen LogP contribution in [-0.4, -0.2) is 75.1 Å². The van der Waals surface area contributed by atoms with E-state index in [2.05, 4.69) is 10.00 Å². The Labute approximate surface area is 280 Å². The number of nitrogens with zero attached hydrogens (tertiary/aromatic N) is 4. The molecule has 0 saturated heterocycles. The molecule has 11 nitrogen and oxygen atoms in total. The number of carbonyl (C=O) groups is 3. The third-order valence-electron chi connectivity index (χ3n) is 7.25. The molecule has 2 N–H and O–H groups in total. The molecular weight excluding hydrogens is 640 g/mol. The van der Waals surface area contributed by atoms with Crippen LogP contribution in [0.5, 0.6) is 0 Å². The summed E-state index contributed by atoms with van der Waals surface area (Å²) in [7, 11) is 0. The number of benzene rings is 1. The van der Waals surface area contributed by atoms with Crippen molar-refractivity contribution < 1.29 is 28.6 Å². The van der Waals surface area contributed by atoms with Crippen molar-refractivity contribution in [3.8, 4) is 0 Å². The second-order valence-electron chi connectivity index (χ2n) is 13.0. The molecule has 1 aromatic carbocycles. The fourth-order valence-corrected chi connectivity index (χ4v) is 5.37. The summed E-state index contributed by atoms with van der Waals surface area (Å²) in [5, 5.41) is 14.3. The smallest absolute Gasteiger partial charge is 0.410 e. The summed E-state index contributed by atoms with van der Waals surface area (Å²) < 4.78 is 20.8. The third-order valence-corrected chi connectivity index (χ3v) is 8.00. The predicted molar refractivity (Wildman–Crippen MR) is 178 cm³/mol. The van der Waals surface area contributed by atoms with Crippen LogP contribution >= 0.6 is 23.2 Å². The first-order valence-electron chi connectivity index (χ1n) is 15.3. The number of rotatable bonds is 10. The number of nitrogens with one attached hydrogen (secondary N) is 1. The molecule has 256 valence electrons. The van der Waals surface area contributed by atoms with E-state index in [0.717, 1.165) is 31.4 Å². The van der Waals surface area contributed by atoms with Crippen molar-refractivity contribution in [1.29, 1.82) is 0 Å². The Morgan fingerprint density at radius 2 is 1.70 bits per heavy atom. The summed E-state index contributed by atoms with van der Waals surface area (Å²) >= 11 is 12.0. The Kier molecular flexibility index (Phi) is 14.8. The predicted octanol–water partition coefficient (Wildman–Crippen LogP) is 6.95. The number of hydrogen-bond donors (Lipinski definition) is 2. The molecule has 1 fully saturated rings. The van der Waals surface area contributed by atoms with Crippen molar-refractivity contribution >= 4 is 47.4 Å². The Balaban J connectivity index is 0.000000812. The summed E-state index contributed by atoms with van der Waals surface area (Å²) in [6.45, 7) is 13.0. The van der Waals surface area contributed by atoms with Crippen LogP contribution in [0, 0.1) is 5.82 Å². The molecule has 46 heavy (non-hydrogen) atoms. The van der Waals surface area contributed by atoms with Crippen molar-refractivity contribution in [3.05, 3.63) is 56.7 Å². The van der Waals surface area contributed by atoms with Crippen molar-refractivity contribution in [1.82, 2.24) is 20.0 Å². The number of hydrogen-bond acceptors (Lipinski definition) is 7. The first-order valence-corrected chi connectivity index (χ1v) is 16.1. The molecule has 0 radical (unpaired) electrons. The van der Waals surface area contributed by atoms with Crippen LogP contribution in [0.15, 0.2) is 35.3 Å². The monoisotopic (exact) mass is 685 g/mol. The molecule has 1 aromatic heterocycles. The zero-order valence-corrected chi connectivity index (χ0v) is 28.9. The highest BCUT2D eigenvalue weighted by Crippen LogP contribution is 2.33. The number of anilines is 1. The second-order valence-corrected chi connectivity index (χ2v) is 13.8. The SMILES string of the molecule is CC(C)(C)OC(=O)N(CCCN(c1ccc(F)cc1)C1CCC(n2ncc(Cl)c(Cl)c2=O)CC1)C(C)(C)C.O=CCCNC(=O)O. The molecule has 0 unspecified atom stereocenters. The van der Waals surface area contributed by atoms with Gasteiger partial charge in [0.05, 0.1) is 17.3 Å². The maximum Gasteiger partial charge on any atom is 0.410 e. The van der Waals surface area contributed by atoms with Crippen LogP contribution in [0.3, 0.4) is 0 Å². The molecule has 3 rings (SSSR count). The van der Waals surface area contributed by atoms with E-state index in [0.29, 0.717) is 25.8 Å². The van der Waals surface area contributed by atoms with Gasteiger partial charge in [-0.3, -0.25) is 4.79 Å². The number of amides is 2. The van der Waals surface area contributed by atoms with E-state index in [9.17, 15) is 23.6 Å². The van der Waals surface area contributed by atoms with Gasteiger partial charge in [-0.1, -0.05) is 23.2 Å². The van der Waals surface area contributed by atoms with Crippen molar-refractivity contribution in [2.45, 2.75) is 103 Å². The molecule has 0 spiro atoms. The Morgan fingerprint density at radius 1 is 1.09 bits per heavy atom. The molecule has 14 heteroatoms. The maximum absolute atomic E-state index is 13.7. The number of carboxylic acid groups (broad SMARTS) is 1. The van der Waals surface area contributed by atoms with Gasteiger partial charge in [-0.05, 0) is 97.9 Å². The average molecular weight is 687 g/mol. The number of halogens is 3. The van der Waals surface area contributed by atoms with Gasteiger partial charge in [0.15, 0.2) is 0 Å². The largest absolute Gasteiger partial charge is 0.465 e. The van der Waals surface area contributed by atoms with Gasteiger partial charge >= 0.3 is 12.2 Å². The molecule has 1 saturated carbocycles. The lowest BCUT2D eigenvalue weighted by Gasteiger charge is -2.40. The highest BCUT2D eigenvalue weighted by Gasteiger charge is 2.32. The van der Waals surface area contributed by atoms with Gasteiger partial charge in [0.25, 0.3) is 5.56 Å². The third kappa shape index (κ3) is 12.4. The summed E-state index contributed by atoms with van der Waals surface area (Å²) in [5.41, 5.74) is -0.423. The highest BCUT2D eigenvalue weighted by atomic mass is 35.5. The first kappa shape index (κ1) is 38.8. The van der Waals surface area contributed by atoms with E-state index in [1.807, 2.05) is 46.9 Å². The summed E-state index contributed by atoms with van der Waals surface area (Å²) in [6, 6.07) is 6.65. The minimum Gasteiger partial charge on any atom is -0.465 e. The van der Waals surface area contributed by atoms with Gasteiger partial charge in [0.2, 0.25) is 0 Å². The van der Waals surface area contributed by atoms with Crippen LogP contribution in [0.25, 0.3) is 0 Å². The van der Waals surface area contributed by atoms with Gasteiger partial charge in [0, 0.05) is 43.3 Å². The van der Waals surface area contributed by atoms with E-state index < -0.39 is 17.2 Å². The molecule has 0 atom stereocenters. The Hall–Kier alpha value is -3.38. The van der Waals surface area contributed by atoms with Gasteiger partial charge in [-0.2, -0.15) is 5.10 Å². The standard InChI is InChI=1S/C28H39Cl2FN4O3.C4H7NO3/c1-27(2,3)34(26(37)38-28(4,5)6)17-7-16-33(20-10-8-19(31)9-11-20)21-12-14-22(15-13-21)35-25(36)24(30)23(29)18-32-35;6-3-1-2-5-4(7)8/h8-11,18,21-22H,7,12-17H2,1-6H3;3,5H,1-2H2,(H,7,8). The van der Waals surface area contributed by atoms with Crippen molar-refractivity contribution in [2.24, 2.45) is 0 Å². The van der Waals surface area contributed by atoms with Crippen LogP contribution in [-0.2, 0) is 9.53 Å². The molecule has 1 heterocycles. The van der Waals surface area contributed by atoms with Crippen LogP contribution in [0.4, 0.5) is 19.7 Å². The molecule has 0 bridgehead atoms. The lowest BCUT2D eigenvalue weighted by atomic mass is 9.89. The quantitative estimate of drug-likeness (QED) is 0.203. The van der Waals surface area contributed by atoms with Crippen LogP contribution in [0.2, 0.25) is 10.0 Å². The molecule has 1 aliphatic rings. The summed E-state index contributed by atoms with van der Waals surface area (Å²) in [6.07, 6.45) is 4.75. The lowest BCUT2D eigenvalue weighted by molar-refractivity contribution is -0.107. The molecule has 0 aliphatic heterocycles. The Morgan fingerprint density at radius 3 is 2.22 bits per heavy atom. The van der Waals surface area contributed by atoms with E-state index in [1.54, 1.807) is 17.0 Å². The average Bonchev–Trinajstić information content (AvgIpc) is 2.96.